The highest BCUT2D eigenvalue weighted by Crippen LogP contribution is 2.42. The average Bonchev–Trinajstić information content (AvgIpc) is 3.43. The molecule has 1 fully saturated rings. The lowest BCUT2D eigenvalue weighted by Crippen LogP contribution is -2.52. The van der Waals surface area contributed by atoms with Crippen molar-refractivity contribution in [3.63, 3.8) is 0 Å². The fourth-order valence-corrected chi connectivity index (χ4v) is 4.98. The Kier molecular flexibility index (Phi) is 6.81. The second-order valence-corrected chi connectivity index (χ2v) is 9.39. The number of amides is 4. The molecule has 190 valence electrons. The van der Waals surface area contributed by atoms with Crippen LogP contribution >= 0.6 is 0 Å². The van der Waals surface area contributed by atoms with Gasteiger partial charge in [0.15, 0.2) is 0 Å². The number of hydrogen-bond acceptors (Lipinski definition) is 4. The van der Waals surface area contributed by atoms with Crippen molar-refractivity contribution in [2.24, 2.45) is 5.92 Å². The lowest BCUT2D eigenvalue weighted by atomic mass is 9.91. The maximum Gasteiger partial charge on any atom is 0.416 e. The Morgan fingerprint density at radius 3 is 2.60 bits per heavy atom. The maximum absolute atomic E-state index is 13.7. The second kappa shape index (κ2) is 9.52. The van der Waals surface area contributed by atoms with Crippen molar-refractivity contribution >= 4 is 17.8 Å². The van der Waals surface area contributed by atoms with Gasteiger partial charge < -0.3 is 20.3 Å². The first kappa shape index (κ1) is 25.0. The molecule has 4 rings (SSSR count). The van der Waals surface area contributed by atoms with Gasteiger partial charge in [0.2, 0.25) is 5.91 Å². The zero-order valence-electron chi connectivity index (χ0n) is 19.8. The van der Waals surface area contributed by atoms with Crippen LogP contribution in [0.4, 0.5) is 18.0 Å². The summed E-state index contributed by atoms with van der Waals surface area (Å²) < 4.78 is 46.8. The van der Waals surface area contributed by atoms with Crippen molar-refractivity contribution in [2.45, 2.75) is 51.1 Å². The molecule has 1 aromatic carbocycles. The molecule has 0 bridgehead atoms. The van der Waals surface area contributed by atoms with Crippen molar-refractivity contribution in [3.05, 3.63) is 46.7 Å². The van der Waals surface area contributed by atoms with Gasteiger partial charge in [0.05, 0.1) is 35.5 Å². The van der Waals surface area contributed by atoms with Crippen LogP contribution in [0, 0.1) is 5.92 Å². The van der Waals surface area contributed by atoms with E-state index in [0.717, 1.165) is 18.9 Å². The predicted octanol–water partition coefficient (Wildman–Crippen LogP) is 2.82. The van der Waals surface area contributed by atoms with Gasteiger partial charge in [-0.25, -0.2) is 4.79 Å². The molecule has 1 saturated heterocycles. The van der Waals surface area contributed by atoms with Crippen LogP contribution in [-0.4, -0.2) is 66.5 Å². The Morgan fingerprint density at radius 1 is 1.26 bits per heavy atom. The minimum Gasteiger partial charge on any atom is -0.376 e. The first-order valence-electron chi connectivity index (χ1n) is 11.6. The van der Waals surface area contributed by atoms with E-state index in [1.807, 2.05) is 0 Å². The van der Waals surface area contributed by atoms with Crippen molar-refractivity contribution < 1.29 is 32.3 Å². The standard InChI is InChI=1S/C24H29F3N4O4/c1-13(2)20(21(32)28-11-14-7-6-10-35-14)31-12-17-18(22(31)33)19(29-23(34)30(17)3)15-8-4-5-9-16(15)24(25,26)27/h4-5,8-9,13-14,19-20H,6-7,10-12H2,1-3H3,(H,28,32)(H,29,34)/t14-,19-,20-/m1/s1. The number of alkyl halides is 3. The van der Waals surface area contributed by atoms with E-state index in [1.165, 1.54) is 35.0 Å². The van der Waals surface area contributed by atoms with Crippen molar-refractivity contribution in [3.8, 4) is 0 Å². The number of nitrogens with zero attached hydrogens (tertiary/aromatic N) is 2. The number of nitrogens with one attached hydrogen (secondary N) is 2. The third-order valence-corrected chi connectivity index (χ3v) is 6.73. The number of likely N-dealkylation sites (N-methyl/N-ethyl adjacent to an activating group) is 1. The number of hydrogen-bond donors (Lipinski definition) is 2. The number of carbonyl (C=O) groups is 3. The lowest BCUT2D eigenvalue weighted by molar-refractivity contribution is -0.139. The van der Waals surface area contributed by atoms with Crippen LogP contribution < -0.4 is 10.6 Å². The van der Waals surface area contributed by atoms with Crippen LogP contribution in [0.3, 0.4) is 0 Å². The van der Waals surface area contributed by atoms with E-state index >= 15 is 0 Å². The molecule has 0 radical (unpaired) electrons. The molecule has 0 unspecified atom stereocenters. The highest BCUT2D eigenvalue weighted by molar-refractivity contribution is 6.03. The number of halogens is 3. The van der Waals surface area contributed by atoms with Crippen molar-refractivity contribution in [2.75, 3.05) is 26.7 Å². The third kappa shape index (κ3) is 4.73. The molecular formula is C24H29F3N4O4. The summed E-state index contributed by atoms with van der Waals surface area (Å²) in [6.07, 6.45) is -2.99. The summed E-state index contributed by atoms with van der Waals surface area (Å²) >= 11 is 0. The normalized spacial score (nSPS) is 23.6. The van der Waals surface area contributed by atoms with Crippen LogP contribution in [0.5, 0.6) is 0 Å². The Hall–Kier alpha value is -3.08. The van der Waals surface area contributed by atoms with Crippen LogP contribution in [0.2, 0.25) is 0 Å². The van der Waals surface area contributed by atoms with Crippen molar-refractivity contribution in [1.29, 1.82) is 0 Å². The van der Waals surface area contributed by atoms with E-state index in [2.05, 4.69) is 10.6 Å². The van der Waals surface area contributed by atoms with Gasteiger partial charge in [0, 0.05) is 20.2 Å². The molecule has 0 aromatic heterocycles. The summed E-state index contributed by atoms with van der Waals surface area (Å²) in [5, 5.41) is 5.40. The number of rotatable bonds is 6. The van der Waals surface area contributed by atoms with Gasteiger partial charge in [-0.1, -0.05) is 32.0 Å². The maximum atomic E-state index is 13.7. The predicted molar refractivity (Wildman–Crippen MR) is 120 cm³/mol. The highest BCUT2D eigenvalue weighted by Gasteiger charge is 2.48. The summed E-state index contributed by atoms with van der Waals surface area (Å²) in [7, 11) is 1.45. The summed E-state index contributed by atoms with van der Waals surface area (Å²) in [4.78, 5) is 42.0. The Labute approximate surface area is 201 Å². The largest absolute Gasteiger partial charge is 0.416 e. The van der Waals surface area contributed by atoms with E-state index < -0.39 is 35.8 Å². The van der Waals surface area contributed by atoms with Gasteiger partial charge in [0.1, 0.15) is 6.04 Å². The van der Waals surface area contributed by atoms with E-state index in [4.69, 9.17) is 4.74 Å². The Bertz CT molecular complexity index is 1050. The van der Waals surface area contributed by atoms with E-state index in [1.54, 1.807) is 13.8 Å². The smallest absolute Gasteiger partial charge is 0.376 e. The quantitative estimate of drug-likeness (QED) is 0.637. The number of benzene rings is 1. The number of ether oxygens (including phenoxy) is 1. The first-order valence-corrected chi connectivity index (χ1v) is 11.6. The van der Waals surface area contributed by atoms with Gasteiger partial charge >= 0.3 is 12.2 Å². The van der Waals surface area contributed by atoms with Crippen LogP contribution in [0.25, 0.3) is 0 Å². The highest BCUT2D eigenvalue weighted by atomic mass is 19.4. The summed E-state index contributed by atoms with van der Waals surface area (Å²) in [6, 6.07) is 2.10. The van der Waals surface area contributed by atoms with Gasteiger partial charge in [0.25, 0.3) is 5.91 Å². The van der Waals surface area contributed by atoms with Gasteiger partial charge in [-0.3, -0.25) is 14.5 Å². The van der Waals surface area contributed by atoms with Crippen LogP contribution in [0.15, 0.2) is 35.5 Å². The molecule has 0 saturated carbocycles. The average molecular weight is 495 g/mol. The fraction of sp³-hybridized carbons (Fsp3) is 0.542. The fourth-order valence-electron chi connectivity index (χ4n) is 4.98. The molecule has 35 heavy (non-hydrogen) atoms. The molecule has 4 amide bonds. The molecule has 11 heteroatoms. The SMILES string of the molecule is CC(C)[C@H](C(=O)NC[C@H]1CCCO1)N1CC2=C(C1=O)[C@@H](c1ccccc1C(F)(F)F)NC(=O)N2C. The van der Waals surface area contributed by atoms with E-state index in [9.17, 15) is 27.6 Å². The van der Waals surface area contributed by atoms with Gasteiger partial charge in [-0.2, -0.15) is 13.2 Å². The zero-order valence-corrected chi connectivity index (χ0v) is 19.8. The molecule has 0 spiro atoms. The van der Waals surface area contributed by atoms with E-state index in [0.29, 0.717) is 18.8 Å². The second-order valence-electron chi connectivity index (χ2n) is 9.39. The number of urea groups is 1. The molecule has 0 aliphatic carbocycles. The summed E-state index contributed by atoms with van der Waals surface area (Å²) in [5.41, 5.74) is -0.810. The van der Waals surface area contributed by atoms with E-state index in [-0.39, 0.29) is 35.6 Å². The van der Waals surface area contributed by atoms with Crippen LogP contribution in [-0.2, 0) is 20.5 Å². The summed E-state index contributed by atoms with van der Waals surface area (Å²) in [6.45, 7) is 4.50. The molecular weight excluding hydrogens is 465 g/mol. The minimum atomic E-state index is -4.67. The zero-order chi connectivity index (χ0) is 25.5. The molecule has 3 heterocycles. The summed E-state index contributed by atoms with van der Waals surface area (Å²) in [5.74, 6) is -1.21. The first-order chi connectivity index (χ1) is 16.5. The molecule has 3 atom stereocenters. The molecule has 8 nitrogen and oxygen atoms in total. The van der Waals surface area contributed by atoms with Gasteiger partial charge in [-0.05, 0) is 30.4 Å². The number of carbonyl (C=O) groups excluding carboxylic acids is 3. The topological polar surface area (TPSA) is 91.0 Å². The van der Waals surface area contributed by atoms with Crippen LogP contribution in [0.1, 0.15) is 43.9 Å². The lowest BCUT2D eigenvalue weighted by Gasteiger charge is -2.32. The molecule has 1 aromatic rings. The Balaban J connectivity index is 1.65. The minimum absolute atomic E-state index is 0.0429. The molecule has 3 aliphatic rings. The third-order valence-electron chi connectivity index (χ3n) is 6.73. The molecule has 2 N–H and O–H groups in total. The monoisotopic (exact) mass is 494 g/mol. The molecule has 3 aliphatic heterocycles. The van der Waals surface area contributed by atoms with Crippen molar-refractivity contribution in [1.82, 2.24) is 20.4 Å². The Morgan fingerprint density at radius 2 is 1.97 bits per heavy atom. The van der Waals surface area contributed by atoms with Gasteiger partial charge in [-0.15, -0.1) is 0 Å².